The number of carbonyl (C=O) groups excluding carboxylic acids is 1. The second-order valence-electron chi connectivity index (χ2n) is 6.55. The lowest BCUT2D eigenvalue weighted by atomic mass is 10.1. The van der Waals surface area contributed by atoms with Crippen molar-refractivity contribution < 1.29 is 4.79 Å². The first-order valence-electron chi connectivity index (χ1n) is 8.65. The molecule has 1 aromatic heterocycles. The minimum Gasteiger partial charge on any atom is -0.337 e. The molecule has 1 atom stereocenters. The number of nitrogens with zero attached hydrogens (tertiary/aromatic N) is 3. The van der Waals surface area contributed by atoms with Gasteiger partial charge in [-0.3, -0.25) is 4.68 Å². The van der Waals surface area contributed by atoms with Crippen molar-refractivity contribution in [2.24, 2.45) is 7.05 Å². The van der Waals surface area contributed by atoms with Crippen molar-refractivity contribution in [1.82, 2.24) is 25.3 Å². The van der Waals surface area contributed by atoms with Gasteiger partial charge in [0.1, 0.15) is 0 Å². The molecular formula is C19H29N5O. The van der Waals surface area contributed by atoms with Crippen molar-refractivity contribution in [1.29, 1.82) is 0 Å². The molecule has 0 saturated heterocycles. The van der Waals surface area contributed by atoms with Gasteiger partial charge in [0.15, 0.2) is 0 Å². The Morgan fingerprint density at radius 2 is 1.96 bits per heavy atom. The van der Waals surface area contributed by atoms with Crippen LogP contribution in [0.1, 0.15) is 35.5 Å². The summed E-state index contributed by atoms with van der Waals surface area (Å²) in [6.45, 7) is 8.24. The molecule has 2 amide bonds. The van der Waals surface area contributed by atoms with Gasteiger partial charge in [0.2, 0.25) is 0 Å². The van der Waals surface area contributed by atoms with Gasteiger partial charge in [-0.2, -0.15) is 5.10 Å². The molecular weight excluding hydrogens is 314 g/mol. The third kappa shape index (κ3) is 5.32. The Kier molecular flexibility index (Phi) is 6.58. The molecule has 0 unspecified atom stereocenters. The summed E-state index contributed by atoms with van der Waals surface area (Å²) in [5.74, 6) is 0. The summed E-state index contributed by atoms with van der Waals surface area (Å²) in [5, 5.41) is 10.3. The van der Waals surface area contributed by atoms with Crippen molar-refractivity contribution in [3.05, 3.63) is 52.8 Å². The van der Waals surface area contributed by atoms with Crippen LogP contribution >= 0.6 is 0 Å². The summed E-state index contributed by atoms with van der Waals surface area (Å²) in [6, 6.07) is 10.1. The third-order valence-electron chi connectivity index (χ3n) is 4.42. The van der Waals surface area contributed by atoms with E-state index < -0.39 is 0 Å². The third-order valence-corrected chi connectivity index (χ3v) is 4.42. The number of likely N-dealkylation sites (N-methyl/N-ethyl adjacent to an activating group) is 1. The van der Waals surface area contributed by atoms with Gasteiger partial charge in [-0.25, -0.2) is 4.79 Å². The molecule has 1 heterocycles. The molecule has 1 aromatic carbocycles. The van der Waals surface area contributed by atoms with Crippen LogP contribution in [0.3, 0.4) is 0 Å². The fourth-order valence-electron chi connectivity index (χ4n) is 3.07. The van der Waals surface area contributed by atoms with Gasteiger partial charge in [-0.05, 0) is 33.4 Å². The van der Waals surface area contributed by atoms with E-state index in [9.17, 15) is 4.79 Å². The minimum absolute atomic E-state index is 0.0734. The molecule has 0 aliphatic heterocycles. The number of rotatable bonds is 7. The van der Waals surface area contributed by atoms with Crippen molar-refractivity contribution in [3.8, 4) is 0 Å². The number of aryl methyl sites for hydroxylation is 2. The molecule has 0 aliphatic rings. The van der Waals surface area contributed by atoms with E-state index in [1.807, 2.05) is 50.7 Å². The summed E-state index contributed by atoms with van der Waals surface area (Å²) in [5.41, 5.74) is 4.38. The highest BCUT2D eigenvalue weighted by molar-refractivity contribution is 5.74. The van der Waals surface area contributed by atoms with E-state index >= 15 is 0 Å². The molecule has 6 heteroatoms. The van der Waals surface area contributed by atoms with E-state index in [-0.39, 0.29) is 12.1 Å². The van der Waals surface area contributed by atoms with Crippen LogP contribution in [-0.4, -0.2) is 40.8 Å². The average Bonchev–Trinajstić information content (AvgIpc) is 2.80. The predicted octanol–water partition coefficient (Wildman–Crippen LogP) is 2.53. The van der Waals surface area contributed by atoms with Crippen molar-refractivity contribution in [3.63, 3.8) is 0 Å². The first-order chi connectivity index (χ1) is 11.9. The molecule has 25 heavy (non-hydrogen) atoms. The largest absolute Gasteiger partial charge is 0.337 e. The van der Waals surface area contributed by atoms with E-state index in [0.717, 1.165) is 30.0 Å². The van der Waals surface area contributed by atoms with Crippen LogP contribution in [0, 0.1) is 13.8 Å². The van der Waals surface area contributed by atoms with Gasteiger partial charge in [-0.1, -0.05) is 30.3 Å². The fourth-order valence-corrected chi connectivity index (χ4v) is 3.07. The van der Waals surface area contributed by atoms with Gasteiger partial charge in [0.25, 0.3) is 0 Å². The van der Waals surface area contributed by atoms with Crippen LogP contribution in [0.2, 0.25) is 0 Å². The van der Waals surface area contributed by atoms with Crippen molar-refractivity contribution in [2.75, 3.05) is 20.1 Å². The minimum atomic E-state index is -0.150. The second kappa shape index (κ2) is 8.67. The van der Waals surface area contributed by atoms with Crippen LogP contribution in [-0.2, 0) is 13.6 Å². The van der Waals surface area contributed by atoms with Gasteiger partial charge >= 0.3 is 6.03 Å². The van der Waals surface area contributed by atoms with Crippen molar-refractivity contribution in [2.45, 2.75) is 33.4 Å². The van der Waals surface area contributed by atoms with Gasteiger partial charge in [0.05, 0.1) is 11.7 Å². The monoisotopic (exact) mass is 343 g/mol. The number of benzene rings is 1. The molecule has 2 rings (SSSR count). The van der Waals surface area contributed by atoms with Crippen LogP contribution in [0.4, 0.5) is 4.79 Å². The quantitative estimate of drug-likeness (QED) is 0.812. The molecule has 0 radical (unpaired) electrons. The molecule has 136 valence electrons. The van der Waals surface area contributed by atoms with Crippen LogP contribution in [0.25, 0.3) is 0 Å². The SMILES string of the molecule is Cc1nn(C)c(C)c1[C@H](C)NC(=O)NCCN(C)Cc1ccccc1. The number of carbonyl (C=O) groups is 1. The maximum absolute atomic E-state index is 12.1. The summed E-state index contributed by atoms with van der Waals surface area (Å²) in [4.78, 5) is 14.3. The number of urea groups is 1. The maximum Gasteiger partial charge on any atom is 0.315 e. The zero-order chi connectivity index (χ0) is 18.4. The zero-order valence-corrected chi connectivity index (χ0v) is 15.8. The fraction of sp³-hybridized carbons (Fsp3) is 0.474. The summed E-state index contributed by atoms with van der Waals surface area (Å²) >= 11 is 0. The van der Waals surface area contributed by atoms with E-state index in [4.69, 9.17) is 0 Å². The Morgan fingerprint density at radius 1 is 1.28 bits per heavy atom. The molecule has 0 fully saturated rings. The molecule has 0 aliphatic carbocycles. The molecule has 6 nitrogen and oxygen atoms in total. The standard InChI is InChI=1S/C19H29N5O/c1-14(18-15(2)22-24(5)16(18)3)21-19(25)20-11-12-23(4)13-17-9-7-6-8-10-17/h6-10,14H,11-13H2,1-5H3,(H2,20,21,25)/t14-/m0/s1. The summed E-state index contributed by atoms with van der Waals surface area (Å²) in [7, 11) is 3.97. The van der Waals surface area contributed by atoms with E-state index in [1.165, 1.54) is 5.56 Å². The Labute approximate surface area is 150 Å². The average molecular weight is 343 g/mol. The predicted molar refractivity (Wildman–Crippen MR) is 100 cm³/mol. The molecule has 2 aromatic rings. The Bertz CT molecular complexity index is 695. The highest BCUT2D eigenvalue weighted by atomic mass is 16.2. The number of hydrogen-bond donors (Lipinski definition) is 2. The lowest BCUT2D eigenvalue weighted by Gasteiger charge is -2.19. The number of aromatic nitrogens is 2. The topological polar surface area (TPSA) is 62.2 Å². The highest BCUT2D eigenvalue weighted by Gasteiger charge is 2.17. The van der Waals surface area contributed by atoms with Gasteiger partial charge in [-0.15, -0.1) is 0 Å². The summed E-state index contributed by atoms with van der Waals surface area (Å²) in [6.07, 6.45) is 0. The van der Waals surface area contributed by atoms with Crippen LogP contribution in [0.15, 0.2) is 30.3 Å². The Balaban J connectivity index is 1.75. The van der Waals surface area contributed by atoms with Gasteiger partial charge < -0.3 is 15.5 Å². The second-order valence-corrected chi connectivity index (χ2v) is 6.55. The van der Waals surface area contributed by atoms with E-state index in [0.29, 0.717) is 6.54 Å². The van der Waals surface area contributed by atoms with E-state index in [1.54, 1.807) is 0 Å². The Morgan fingerprint density at radius 3 is 2.56 bits per heavy atom. The molecule has 0 saturated carbocycles. The van der Waals surface area contributed by atoms with Crippen molar-refractivity contribution >= 4 is 6.03 Å². The highest BCUT2D eigenvalue weighted by Crippen LogP contribution is 2.20. The lowest BCUT2D eigenvalue weighted by Crippen LogP contribution is -2.40. The zero-order valence-electron chi connectivity index (χ0n) is 15.8. The maximum atomic E-state index is 12.1. The Hall–Kier alpha value is -2.34. The number of nitrogens with one attached hydrogen (secondary N) is 2. The smallest absolute Gasteiger partial charge is 0.315 e. The molecule has 0 spiro atoms. The van der Waals surface area contributed by atoms with Crippen LogP contribution < -0.4 is 10.6 Å². The first kappa shape index (κ1) is 19.0. The number of amides is 2. The molecule has 2 N–H and O–H groups in total. The lowest BCUT2D eigenvalue weighted by molar-refractivity contribution is 0.235. The number of hydrogen-bond acceptors (Lipinski definition) is 3. The van der Waals surface area contributed by atoms with E-state index in [2.05, 4.69) is 39.8 Å². The normalized spacial score (nSPS) is 12.2. The summed E-state index contributed by atoms with van der Waals surface area (Å²) < 4.78 is 1.85. The first-order valence-corrected chi connectivity index (χ1v) is 8.65. The molecule has 0 bridgehead atoms. The van der Waals surface area contributed by atoms with Gasteiger partial charge in [0, 0.05) is 37.9 Å². The van der Waals surface area contributed by atoms with Crippen LogP contribution in [0.5, 0.6) is 0 Å².